The van der Waals surface area contributed by atoms with Gasteiger partial charge in [0.25, 0.3) is 0 Å². The summed E-state index contributed by atoms with van der Waals surface area (Å²) in [5, 5.41) is 0.857. The first-order valence-electron chi connectivity index (χ1n) is 5.14. The summed E-state index contributed by atoms with van der Waals surface area (Å²) < 4.78 is 7.74. The van der Waals surface area contributed by atoms with Crippen molar-refractivity contribution in [3.05, 3.63) is 45.9 Å². The Balaban J connectivity index is 2.11. The first kappa shape index (κ1) is 16.8. The number of thiophene rings is 1. The highest BCUT2D eigenvalue weighted by Crippen LogP contribution is 2.35. The summed E-state index contributed by atoms with van der Waals surface area (Å²) in [4.78, 5) is 12.1. The molecule has 2 rings (SSSR count). The number of ether oxygens (including phenoxy) is 1. The molecule has 106 valence electrons. The quantitative estimate of drug-likeness (QED) is 0.333. The minimum atomic E-state index is -0.145. The van der Waals surface area contributed by atoms with Crippen LogP contribution in [0.4, 0.5) is 0 Å². The summed E-state index contributed by atoms with van der Waals surface area (Å²) in [5.41, 5.74) is 0.571. The molecule has 0 amide bonds. The van der Waals surface area contributed by atoms with E-state index in [1.165, 1.54) is 11.3 Å². The maximum atomic E-state index is 12.1. The number of benzene rings is 1. The van der Waals surface area contributed by atoms with Crippen LogP contribution in [0, 0.1) is 0 Å². The average molecular weight is 524 g/mol. The highest BCUT2D eigenvalue weighted by molar-refractivity contribution is 9.12. The molecule has 0 fully saturated rings. The Morgan fingerprint density at radius 1 is 1.15 bits per heavy atom. The maximum absolute atomic E-state index is 12.1. The van der Waals surface area contributed by atoms with Crippen molar-refractivity contribution < 1.29 is 9.53 Å². The monoisotopic (exact) mass is 520 g/mol. The number of ketones is 1. The van der Waals surface area contributed by atoms with Gasteiger partial charge in [-0.25, -0.2) is 0 Å². The molecular formula is C12H5Br3Cl2O2S. The van der Waals surface area contributed by atoms with E-state index in [1.807, 2.05) is 0 Å². The molecule has 0 aliphatic carbocycles. The molecular weight excluding hydrogens is 519 g/mol. The van der Waals surface area contributed by atoms with Gasteiger partial charge in [-0.05, 0) is 59.9 Å². The fraction of sp³-hybridized carbons (Fsp3) is 0.0833. The number of carbonyl (C=O) groups excluding carboxylic acids is 1. The molecule has 0 unspecified atom stereocenters. The predicted molar refractivity (Wildman–Crippen MR) is 93.7 cm³/mol. The average Bonchev–Trinajstić information content (AvgIpc) is 2.71. The Morgan fingerprint density at radius 3 is 2.45 bits per heavy atom. The maximum Gasteiger partial charge on any atom is 0.202 e. The van der Waals surface area contributed by atoms with Crippen LogP contribution < -0.4 is 4.74 Å². The van der Waals surface area contributed by atoms with Gasteiger partial charge in [-0.3, -0.25) is 4.79 Å². The third-order valence-corrected chi connectivity index (χ3v) is 6.12. The molecule has 1 heterocycles. The number of carbonyl (C=O) groups is 1. The Labute approximate surface area is 154 Å². The Hall–Kier alpha value is 0.410. The normalized spacial score (nSPS) is 10.7. The first-order valence-corrected chi connectivity index (χ1v) is 9.09. The zero-order chi connectivity index (χ0) is 14.9. The van der Waals surface area contributed by atoms with Crippen molar-refractivity contribution in [3.8, 4) is 5.75 Å². The molecule has 0 atom stereocenters. The zero-order valence-electron chi connectivity index (χ0n) is 9.55. The topological polar surface area (TPSA) is 26.3 Å². The van der Waals surface area contributed by atoms with E-state index < -0.39 is 0 Å². The summed E-state index contributed by atoms with van der Waals surface area (Å²) in [6, 6.07) is 4.94. The largest absolute Gasteiger partial charge is 0.484 e. The number of hydrogen-bond donors (Lipinski definition) is 0. The van der Waals surface area contributed by atoms with Crippen molar-refractivity contribution in [1.82, 2.24) is 0 Å². The lowest BCUT2D eigenvalue weighted by molar-refractivity contribution is 0.0921. The van der Waals surface area contributed by atoms with Crippen molar-refractivity contribution in [2.45, 2.75) is 0 Å². The number of rotatable bonds is 4. The Kier molecular flexibility index (Phi) is 5.97. The highest BCUT2D eigenvalue weighted by atomic mass is 79.9. The lowest BCUT2D eigenvalue weighted by Gasteiger charge is -2.08. The zero-order valence-corrected chi connectivity index (χ0v) is 16.6. The van der Waals surface area contributed by atoms with Crippen molar-refractivity contribution in [2.24, 2.45) is 0 Å². The lowest BCUT2D eigenvalue weighted by atomic mass is 10.2. The van der Waals surface area contributed by atoms with Crippen molar-refractivity contribution >= 4 is 88.1 Å². The molecule has 8 heteroatoms. The molecule has 0 N–H and O–H groups in total. The van der Waals surface area contributed by atoms with E-state index >= 15 is 0 Å². The first-order chi connectivity index (χ1) is 9.38. The van der Waals surface area contributed by atoms with Crippen LogP contribution in [-0.4, -0.2) is 12.4 Å². The second kappa shape index (κ2) is 7.11. The summed E-state index contributed by atoms with van der Waals surface area (Å²) >= 11 is 23.3. The van der Waals surface area contributed by atoms with Gasteiger partial charge in [0, 0.05) is 16.1 Å². The molecule has 0 radical (unpaired) electrons. The SMILES string of the molecule is O=C(COc1cc(Cl)c(Br)cc1Cl)c1cc(Br)sc1Br. The molecule has 2 aromatic rings. The van der Waals surface area contributed by atoms with Crippen LogP contribution in [-0.2, 0) is 0 Å². The molecule has 1 aromatic carbocycles. The molecule has 0 saturated carbocycles. The van der Waals surface area contributed by atoms with Crippen LogP contribution in [0.1, 0.15) is 10.4 Å². The number of hydrogen-bond acceptors (Lipinski definition) is 3. The van der Waals surface area contributed by atoms with Gasteiger partial charge in [-0.2, -0.15) is 0 Å². The molecule has 0 spiro atoms. The van der Waals surface area contributed by atoms with E-state index in [-0.39, 0.29) is 12.4 Å². The Bertz CT molecular complexity index is 673. The van der Waals surface area contributed by atoms with Crippen LogP contribution >= 0.6 is 82.3 Å². The van der Waals surface area contributed by atoms with E-state index in [1.54, 1.807) is 18.2 Å². The van der Waals surface area contributed by atoms with Gasteiger partial charge in [0.05, 0.1) is 17.6 Å². The van der Waals surface area contributed by atoms with E-state index in [9.17, 15) is 4.79 Å². The molecule has 1 aromatic heterocycles. The minimum absolute atomic E-state index is 0.112. The lowest BCUT2D eigenvalue weighted by Crippen LogP contribution is -2.11. The Morgan fingerprint density at radius 2 is 1.85 bits per heavy atom. The van der Waals surface area contributed by atoms with E-state index in [0.29, 0.717) is 25.8 Å². The van der Waals surface area contributed by atoms with Gasteiger partial charge in [0.2, 0.25) is 5.78 Å². The summed E-state index contributed by atoms with van der Waals surface area (Å²) in [5.74, 6) is 0.229. The van der Waals surface area contributed by atoms with Crippen molar-refractivity contribution in [3.63, 3.8) is 0 Å². The van der Waals surface area contributed by atoms with Crippen LogP contribution in [0.15, 0.2) is 30.2 Å². The van der Waals surface area contributed by atoms with Gasteiger partial charge in [0.1, 0.15) is 5.75 Å². The molecule has 20 heavy (non-hydrogen) atoms. The predicted octanol–water partition coefficient (Wildman–Crippen LogP) is 6.60. The molecule has 2 nitrogen and oxygen atoms in total. The number of halogens is 5. The van der Waals surface area contributed by atoms with E-state index in [2.05, 4.69) is 47.8 Å². The van der Waals surface area contributed by atoms with Crippen LogP contribution in [0.3, 0.4) is 0 Å². The molecule has 0 saturated heterocycles. The van der Waals surface area contributed by atoms with Gasteiger partial charge in [-0.15, -0.1) is 11.3 Å². The van der Waals surface area contributed by atoms with Crippen molar-refractivity contribution in [1.29, 1.82) is 0 Å². The van der Waals surface area contributed by atoms with Crippen LogP contribution in [0.25, 0.3) is 0 Å². The third-order valence-electron chi connectivity index (χ3n) is 2.29. The minimum Gasteiger partial charge on any atom is -0.484 e. The molecule has 0 aliphatic rings. The van der Waals surface area contributed by atoms with Gasteiger partial charge in [-0.1, -0.05) is 23.2 Å². The fourth-order valence-corrected chi connectivity index (χ4v) is 5.07. The summed E-state index contributed by atoms with van der Waals surface area (Å²) in [6.45, 7) is -0.112. The van der Waals surface area contributed by atoms with E-state index in [4.69, 9.17) is 27.9 Å². The van der Waals surface area contributed by atoms with Gasteiger partial charge < -0.3 is 4.74 Å². The van der Waals surface area contributed by atoms with Crippen LogP contribution in [0.2, 0.25) is 10.0 Å². The number of Topliss-reactive ketones (excluding diaryl/α,β-unsaturated/α-hetero) is 1. The standard InChI is InChI=1S/C12H5Br3Cl2O2S/c13-6-2-8(17)10(3-7(6)16)19-4-9(18)5-1-11(14)20-12(5)15/h1-3H,4H2. The fourth-order valence-electron chi connectivity index (χ4n) is 1.37. The van der Waals surface area contributed by atoms with Gasteiger partial charge >= 0.3 is 0 Å². The second-order valence-corrected chi connectivity index (χ2v) is 9.06. The van der Waals surface area contributed by atoms with E-state index in [0.717, 1.165) is 7.57 Å². The third kappa shape index (κ3) is 3.99. The molecule has 0 bridgehead atoms. The smallest absolute Gasteiger partial charge is 0.202 e. The molecule has 0 aliphatic heterocycles. The van der Waals surface area contributed by atoms with Crippen LogP contribution in [0.5, 0.6) is 5.75 Å². The summed E-state index contributed by atoms with van der Waals surface area (Å²) in [7, 11) is 0. The highest BCUT2D eigenvalue weighted by Gasteiger charge is 2.15. The van der Waals surface area contributed by atoms with Crippen molar-refractivity contribution in [2.75, 3.05) is 6.61 Å². The van der Waals surface area contributed by atoms with Gasteiger partial charge in [0.15, 0.2) is 6.61 Å². The summed E-state index contributed by atoms with van der Waals surface area (Å²) in [6.07, 6.45) is 0. The second-order valence-electron chi connectivity index (χ2n) is 3.65.